The van der Waals surface area contributed by atoms with Crippen molar-refractivity contribution in [2.75, 3.05) is 5.73 Å². The molecule has 0 spiro atoms. The van der Waals surface area contributed by atoms with E-state index in [-0.39, 0.29) is 11.4 Å². The maximum Gasteiger partial charge on any atom is 0.260 e. The molecule has 0 amide bonds. The molecule has 4 rings (SSSR count). The van der Waals surface area contributed by atoms with Gasteiger partial charge in [-0.15, -0.1) is 0 Å². The number of fused-ring (bicyclic) bond motifs is 3. The van der Waals surface area contributed by atoms with Crippen LogP contribution in [0.15, 0.2) is 53.3 Å². The average Bonchev–Trinajstić information content (AvgIpc) is 2.97. The van der Waals surface area contributed by atoms with E-state index in [4.69, 9.17) is 5.73 Å². The number of benzene rings is 2. The van der Waals surface area contributed by atoms with E-state index in [0.717, 1.165) is 16.7 Å². The highest BCUT2D eigenvalue weighted by atomic mass is 16.1. The largest absolute Gasteiger partial charge is 0.384 e. The van der Waals surface area contributed by atoms with Gasteiger partial charge < -0.3 is 5.73 Å². The summed E-state index contributed by atoms with van der Waals surface area (Å²) in [5, 5.41) is 9.67. The summed E-state index contributed by atoms with van der Waals surface area (Å²) in [4.78, 5) is 13.1. The number of hydrogen-bond donors (Lipinski definition) is 1. The van der Waals surface area contributed by atoms with Gasteiger partial charge in [-0.05, 0) is 30.2 Å². The van der Waals surface area contributed by atoms with E-state index in [1.165, 1.54) is 4.57 Å². The van der Waals surface area contributed by atoms with Crippen LogP contribution in [-0.2, 0) is 6.42 Å². The molecule has 1 aromatic heterocycles. The molecule has 0 bridgehead atoms. The normalized spacial score (nSPS) is 11.7. The molecule has 0 saturated carbocycles. The molecular formula is C20H15N3O. The lowest BCUT2D eigenvalue weighted by Crippen LogP contribution is -2.26. The van der Waals surface area contributed by atoms with E-state index in [2.05, 4.69) is 6.07 Å². The van der Waals surface area contributed by atoms with E-state index >= 15 is 0 Å². The van der Waals surface area contributed by atoms with Crippen molar-refractivity contribution in [3.05, 3.63) is 81.1 Å². The smallest absolute Gasteiger partial charge is 0.260 e. The van der Waals surface area contributed by atoms with Gasteiger partial charge in [0.1, 0.15) is 17.5 Å². The minimum absolute atomic E-state index is 0.151. The number of nitrogens with zero attached hydrogens (tertiary/aromatic N) is 2. The second-order valence-corrected chi connectivity index (χ2v) is 6.04. The Balaban J connectivity index is 2.08. The lowest BCUT2D eigenvalue weighted by Gasteiger charge is -2.15. The summed E-state index contributed by atoms with van der Waals surface area (Å²) in [6.45, 7) is 1.98. The van der Waals surface area contributed by atoms with Gasteiger partial charge in [-0.1, -0.05) is 42.0 Å². The van der Waals surface area contributed by atoms with Crippen molar-refractivity contribution < 1.29 is 0 Å². The number of pyridine rings is 1. The number of aromatic nitrogens is 1. The first-order valence-electron chi connectivity index (χ1n) is 7.74. The number of nitriles is 1. The predicted molar refractivity (Wildman–Crippen MR) is 94.1 cm³/mol. The van der Waals surface area contributed by atoms with Crippen LogP contribution in [0.1, 0.15) is 22.3 Å². The molecule has 0 fully saturated rings. The van der Waals surface area contributed by atoms with E-state index < -0.39 is 0 Å². The third kappa shape index (κ3) is 1.88. The summed E-state index contributed by atoms with van der Waals surface area (Å²) < 4.78 is 1.45. The Morgan fingerprint density at radius 2 is 1.83 bits per heavy atom. The van der Waals surface area contributed by atoms with Crippen LogP contribution in [-0.4, -0.2) is 4.57 Å². The van der Waals surface area contributed by atoms with Crippen molar-refractivity contribution >= 4 is 5.82 Å². The zero-order valence-corrected chi connectivity index (χ0v) is 13.2. The first-order chi connectivity index (χ1) is 11.6. The Hall–Kier alpha value is -3.32. The summed E-state index contributed by atoms with van der Waals surface area (Å²) in [6, 6.07) is 17.5. The number of anilines is 1. The number of aryl methyl sites for hydroxylation is 1. The zero-order valence-electron chi connectivity index (χ0n) is 13.2. The van der Waals surface area contributed by atoms with E-state index in [9.17, 15) is 10.1 Å². The second kappa shape index (κ2) is 5.10. The summed E-state index contributed by atoms with van der Waals surface area (Å²) in [5.41, 5.74) is 11.6. The highest BCUT2D eigenvalue weighted by Crippen LogP contribution is 2.39. The molecule has 0 atom stereocenters. The van der Waals surface area contributed by atoms with Gasteiger partial charge in [-0.2, -0.15) is 5.26 Å². The molecule has 1 heterocycles. The molecule has 1 aliphatic carbocycles. The molecule has 1 aliphatic rings. The standard InChI is InChI=1S/C20H15N3O/c1-12-6-8-14(9-7-12)23-19(22)17(11-21)18-15-5-3-2-4-13(15)10-16(18)20(23)24/h2-9H,10,22H2,1H3. The van der Waals surface area contributed by atoms with E-state index in [0.29, 0.717) is 28.8 Å². The lowest BCUT2D eigenvalue weighted by molar-refractivity contribution is 0.970. The lowest BCUT2D eigenvalue weighted by atomic mass is 10.0. The first-order valence-corrected chi connectivity index (χ1v) is 7.74. The minimum atomic E-state index is -0.151. The maximum absolute atomic E-state index is 13.1. The molecule has 0 aliphatic heterocycles. The predicted octanol–water partition coefficient (Wildman–Crippen LogP) is 3.17. The monoisotopic (exact) mass is 313 g/mol. The van der Waals surface area contributed by atoms with Crippen molar-refractivity contribution in [1.29, 1.82) is 5.26 Å². The minimum Gasteiger partial charge on any atom is -0.384 e. The Kier molecular flexibility index (Phi) is 3.04. The van der Waals surface area contributed by atoms with Crippen molar-refractivity contribution in [3.63, 3.8) is 0 Å². The van der Waals surface area contributed by atoms with E-state index in [1.807, 2.05) is 55.5 Å². The quantitative estimate of drug-likeness (QED) is 0.586. The van der Waals surface area contributed by atoms with Crippen LogP contribution in [0.5, 0.6) is 0 Å². The Bertz CT molecular complexity index is 1070. The van der Waals surface area contributed by atoms with Crippen molar-refractivity contribution in [3.8, 4) is 22.9 Å². The molecule has 0 radical (unpaired) electrons. The van der Waals surface area contributed by atoms with Crippen LogP contribution >= 0.6 is 0 Å². The second-order valence-electron chi connectivity index (χ2n) is 6.04. The summed E-state index contributed by atoms with van der Waals surface area (Å²) >= 11 is 0. The third-order valence-electron chi connectivity index (χ3n) is 4.57. The molecule has 3 aromatic rings. The molecule has 0 saturated heterocycles. The molecule has 2 aromatic carbocycles. The molecule has 0 unspecified atom stereocenters. The zero-order chi connectivity index (χ0) is 16.8. The van der Waals surface area contributed by atoms with Crippen LogP contribution < -0.4 is 11.3 Å². The van der Waals surface area contributed by atoms with Crippen molar-refractivity contribution in [2.24, 2.45) is 0 Å². The fraction of sp³-hybridized carbons (Fsp3) is 0.100. The van der Waals surface area contributed by atoms with Crippen LogP contribution in [0.4, 0.5) is 5.82 Å². The van der Waals surface area contributed by atoms with Crippen molar-refractivity contribution in [2.45, 2.75) is 13.3 Å². The van der Waals surface area contributed by atoms with Gasteiger partial charge in [0.2, 0.25) is 0 Å². The van der Waals surface area contributed by atoms with Gasteiger partial charge in [-0.3, -0.25) is 9.36 Å². The first kappa shape index (κ1) is 14.3. The summed E-state index contributed by atoms with van der Waals surface area (Å²) in [6.07, 6.45) is 0.533. The van der Waals surface area contributed by atoms with Gasteiger partial charge >= 0.3 is 0 Å². The molecule has 2 N–H and O–H groups in total. The highest BCUT2D eigenvalue weighted by Gasteiger charge is 2.28. The van der Waals surface area contributed by atoms with E-state index in [1.54, 1.807) is 0 Å². The summed E-state index contributed by atoms with van der Waals surface area (Å²) in [7, 11) is 0. The Labute approximate surface area is 139 Å². The van der Waals surface area contributed by atoms with Crippen LogP contribution in [0.25, 0.3) is 16.8 Å². The van der Waals surface area contributed by atoms with Crippen LogP contribution in [0.2, 0.25) is 0 Å². The average molecular weight is 313 g/mol. The van der Waals surface area contributed by atoms with Gasteiger partial charge in [0.05, 0.1) is 5.69 Å². The SMILES string of the molecule is Cc1ccc(-n2c(N)c(C#N)c3c(c2=O)Cc2ccccc2-3)cc1. The van der Waals surface area contributed by atoms with Crippen LogP contribution in [0.3, 0.4) is 0 Å². The molecular weight excluding hydrogens is 298 g/mol. The molecule has 4 heteroatoms. The Morgan fingerprint density at radius 1 is 1.12 bits per heavy atom. The Morgan fingerprint density at radius 3 is 2.54 bits per heavy atom. The molecule has 24 heavy (non-hydrogen) atoms. The van der Waals surface area contributed by atoms with Gasteiger partial charge in [0, 0.05) is 17.5 Å². The maximum atomic E-state index is 13.1. The topological polar surface area (TPSA) is 71.8 Å². The summed E-state index contributed by atoms with van der Waals surface area (Å²) in [5.74, 6) is 0.196. The molecule has 4 nitrogen and oxygen atoms in total. The number of rotatable bonds is 1. The van der Waals surface area contributed by atoms with Gasteiger partial charge in [-0.25, -0.2) is 0 Å². The van der Waals surface area contributed by atoms with Gasteiger partial charge in [0.15, 0.2) is 0 Å². The number of hydrogen-bond acceptors (Lipinski definition) is 3. The van der Waals surface area contributed by atoms with Gasteiger partial charge in [0.25, 0.3) is 5.56 Å². The third-order valence-corrected chi connectivity index (χ3v) is 4.57. The highest BCUT2D eigenvalue weighted by molar-refractivity contribution is 5.84. The molecule has 116 valence electrons. The van der Waals surface area contributed by atoms with Crippen molar-refractivity contribution in [1.82, 2.24) is 4.57 Å². The number of nitrogen functional groups attached to an aromatic ring is 1. The fourth-order valence-electron chi connectivity index (χ4n) is 3.38. The number of nitrogens with two attached hydrogens (primary N) is 1. The van der Waals surface area contributed by atoms with Crippen LogP contribution in [0, 0.1) is 18.3 Å². The fourth-order valence-corrected chi connectivity index (χ4v) is 3.38.